The van der Waals surface area contributed by atoms with Gasteiger partial charge in [0.1, 0.15) is 5.92 Å². The molecule has 0 unspecified atom stereocenters. The molecule has 144 valence electrons. The lowest BCUT2D eigenvalue weighted by atomic mass is 9.73. The molecule has 1 aliphatic rings. The molecule has 0 aromatic heterocycles. The standard InChI is InChI=1S/C22H21NO5/c1-3-28-22(25)21-19(16-6-4-14(2)5-7-16)12-17(13-20(21)24)15-8-10-18(11-9-15)23(26)27/h4-11,13,19,21H,3,12H2,1-2H3/t19-,21+/m0/s1. The van der Waals surface area contributed by atoms with Gasteiger partial charge in [-0.25, -0.2) is 0 Å². The molecule has 0 saturated carbocycles. The second kappa shape index (κ2) is 8.17. The third-order valence-corrected chi connectivity index (χ3v) is 4.96. The molecule has 1 aliphatic carbocycles. The average Bonchev–Trinajstić information content (AvgIpc) is 2.68. The highest BCUT2D eigenvalue weighted by Gasteiger charge is 2.39. The van der Waals surface area contributed by atoms with E-state index >= 15 is 0 Å². The minimum Gasteiger partial charge on any atom is -0.465 e. The molecule has 6 nitrogen and oxygen atoms in total. The predicted molar refractivity (Wildman–Crippen MR) is 105 cm³/mol. The number of aryl methyl sites for hydroxylation is 1. The topological polar surface area (TPSA) is 86.5 Å². The zero-order chi connectivity index (χ0) is 20.3. The highest BCUT2D eigenvalue weighted by atomic mass is 16.6. The summed E-state index contributed by atoms with van der Waals surface area (Å²) in [4.78, 5) is 35.7. The number of hydrogen-bond acceptors (Lipinski definition) is 5. The molecule has 0 aliphatic heterocycles. The number of carbonyl (C=O) groups is 2. The Balaban J connectivity index is 1.99. The van der Waals surface area contributed by atoms with Crippen molar-refractivity contribution < 1.29 is 19.2 Å². The van der Waals surface area contributed by atoms with Gasteiger partial charge in [-0.05, 0) is 55.2 Å². The van der Waals surface area contributed by atoms with E-state index in [1.165, 1.54) is 18.2 Å². The van der Waals surface area contributed by atoms with Crippen LogP contribution in [0.15, 0.2) is 54.6 Å². The lowest BCUT2D eigenvalue weighted by Gasteiger charge is -2.29. The number of carbonyl (C=O) groups excluding carboxylic acids is 2. The van der Waals surface area contributed by atoms with Crippen LogP contribution < -0.4 is 0 Å². The zero-order valence-electron chi connectivity index (χ0n) is 15.8. The van der Waals surface area contributed by atoms with Crippen LogP contribution in [0.25, 0.3) is 5.57 Å². The summed E-state index contributed by atoms with van der Waals surface area (Å²) in [7, 11) is 0. The van der Waals surface area contributed by atoms with Crippen LogP contribution in [0.3, 0.4) is 0 Å². The van der Waals surface area contributed by atoms with Gasteiger partial charge in [0.15, 0.2) is 5.78 Å². The number of rotatable bonds is 5. The third-order valence-electron chi connectivity index (χ3n) is 4.96. The molecule has 6 heteroatoms. The minimum atomic E-state index is -0.885. The summed E-state index contributed by atoms with van der Waals surface area (Å²) in [6.45, 7) is 3.90. The maximum Gasteiger partial charge on any atom is 0.317 e. The molecule has 2 atom stereocenters. The summed E-state index contributed by atoms with van der Waals surface area (Å²) in [5, 5.41) is 10.9. The van der Waals surface area contributed by atoms with Crippen molar-refractivity contribution >= 4 is 23.0 Å². The van der Waals surface area contributed by atoms with E-state index in [1.54, 1.807) is 19.1 Å². The smallest absolute Gasteiger partial charge is 0.317 e. The number of nitro groups is 1. The van der Waals surface area contributed by atoms with Crippen LogP contribution in [-0.4, -0.2) is 23.3 Å². The highest BCUT2D eigenvalue weighted by molar-refractivity contribution is 6.10. The number of ether oxygens (including phenoxy) is 1. The maximum absolute atomic E-state index is 12.8. The second-order valence-corrected chi connectivity index (χ2v) is 6.83. The molecular weight excluding hydrogens is 358 g/mol. The quantitative estimate of drug-likeness (QED) is 0.336. The molecule has 28 heavy (non-hydrogen) atoms. The molecular formula is C22H21NO5. The van der Waals surface area contributed by atoms with Crippen LogP contribution in [0.2, 0.25) is 0 Å². The van der Waals surface area contributed by atoms with Crippen molar-refractivity contribution in [1.82, 2.24) is 0 Å². The fourth-order valence-electron chi connectivity index (χ4n) is 3.51. The van der Waals surface area contributed by atoms with Gasteiger partial charge in [0.05, 0.1) is 11.5 Å². The van der Waals surface area contributed by atoms with Crippen molar-refractivity contribution in [1.29, 1.82) is 0 Å². The molecule has 2 aromatic rings. The summed E-state index contributed by atoms with van der Waals surface area (Å²) >= 11 is 0. The van der Waals surface area contributed by atoms with E-state index in [0.717, 1.165) is 22.3 Å². The molecule has 2 aromatic carbocycles. The molecule has 0 saturated heterocycles. The third kappa shape index (κ3) is 4.01. The number of nitro benzene ring substituents is 1. The fourth-order valence-corrected chi connectivity index (χ4v) is 3.51. The number of nitrogens with zero attached hydrogens (tertiary/aromatic N) is 1. The lowest BCUT2D eigenvalue weighted by molar-refractivity contribution is -0.384. The van der Waals surface area contributed by atoms with Crippen molar-refractivity contribution in [3.05, 3.63) is 81.4 Å². The number of benzene rings is 2. The van der Waals surface area contributed by atoms with Crippen molar-refractivity contribution in [2.75, 3.05) is 6.61 Å². The molecule has 0 amide bonds. The first-order valence-electron chi connectivity index (χ1n) is 9.13. The Kier molecular flexibility index (Phi) is 5.68. The Labute approximate surface area is 163 Å². The van der Waals surface area contributed by atoms with E-state index in [0.29, 0.717) is 6.42 Å². The van der Waals surface area contributed by atoms with Gasteiger partial charge >= 0.3 is 5.97 Å². The first-order chi connectivity index (χ1) is 13.4. The Morgan fingerprint density at radius 1 is 1.14 bits per heavy atom. The lowest BCUT2D eigenvalue weighted by Crippen LogP contribution is -2.34. The van der Waals surface area contributed by atoms with Crippen LogP contribution >= 0.6 is 0 Å². The van der Waals surface area contributed by atoms with E-state index in [1.807, 2.05) is 31.2 Å². The van der Waals surface area contributed by atoms with Gasteiger partial charge in [0.25, 0.3) is 5.69 Å². The minimum absolute atomic E-state index is 0.00836. The van der Waals surface area contributed by atoms with E-state index in [9.17, 15) is 19.7 Å². The number of esters is 1. The largest absolute Gasteiger partial charge is 0.465 e. The van der Waals surface area contributed by atoms with Gasteiger partial charge in [-0.1, -0.05) is 29.8 Å². The zero-order valence-corrected chi connectivity index (χ0v) is 15.8. The first-order valence-corrected chi connectivity index (χ1v) is 9.13. The average molecular weight is 379 g/mol. The molecule has 0 fully saturated rings. The number of non-ortho nitro benzene ring substituents is 1. The monoisotopic (exact) mass is 379 g/mol. The normalized spacial score (nSPS) is 19.1. The summed E-state index contributed by atoms with van der Waals surface area (Å²) in [6.07, 6.45) is 1.93. The summed E-state index contributed by atoms with van der Waals surface area (Å²) in [5.41, 5.74) is 3.46. The van der Waals surface area contributed by atoms with Gasteiger partial charge in [-0.3, -0.25) is 19.7 Å². The van der Waals surface area contributed by atoms with E-state index in [2.05, 4.69) is 0 Å². The highest BCUT2D eigenvalue weighted by Crippen LogP contribution is 2.40. The molecule has 0 N–H and O–H groups in total. The molecule has 0 radical (unpaired) electrons. The molecule has 3 rings (SSSR count). The van der Waals surface area contributed by atoms with Crippen molar-refractivity contribution in [2.45, 2.75) is 26.2 Å². The van der Waals surface area contributed by atoms with Crippen molar-refractivity contribution in [3.63, 3.8) is 0 Å². The fraction of sp³-hybridized carbons (Fsp3) is 0.273. The Morgan fingerprint density at radius 3 is 2.36 bits per heavy atom. The van der Waals surface area contributed by atoms with Gasteiger partial charge < -0.3 is 4.74 Å². The first kappa shape index (κ1) is 19.5. The summed E-state index contributed by atoms with van der Waals surface area (Å²) in [6, 6.07) is 13.9. The summed E-state index contributed by atoms with van der Waals surface area (Å²) in [5.74, 6) is -2.05. The van der Waals surface area contributed by atoms with Crippen LogP contribution in [0.4, 0.5) is 5.69 Å². The van der Waals surface area contributed by atoms with E-state index < -0.39 is 16.8 Å². The van der Waals surface area contributed by atoms with Crippen LogP contribution in [-0.2, 0) is 14.3 Å². The van der Waals surface area contributed by atoms with Crippen LogP contribution in [0.5, 0.6) is 0 Å². The Hall–Kier alpha value is -3.28. The molecule has 0 bridgehead atoms. The Bertz CT molecular complexity index is 928. The number of ketones is 1. The van der Waals surface area contributed by atoms with Gasteiger partial charge in [-0.15, -0.1) is 0 Å². The van der Waals surface area contributed by atoms with Crippen LogP contribution in [0, 0.1) is 23.0 Å². The van der Waals surface area contributed by atoms with Gasteiger partial charge in [-0.2, -0.15) is 0 Å². The molecule has 0 heterocycles. The van der Waals surface area contributed by atoms with Crippen molar-refractivity contribution in [3.8, 4) is 0 Å². The SMILES string of the molecule is CCOC(=O)[C@H]1C(=O)C=C(c2ccc([N+](=O)[O-])cc2)C[C@H]1c1ccc(C)cc1. The van der Waals surface area contributed by atoms with E-state index in [-0.39, 0.29) is 24.0 Å². The predicted octanol–water partition coefficient (Wildman–Crippen LogP) is 4.22. The van der Waals surface area contributed by atoms with Crippen LogP contribution in [0.1, 0.15) is 36.0 Å². The number of allylic oxidation sites excluding steroid dienone is 2. The van der Waals surface area contributed by atoms with Gasteiger partial charge in [0, 0.05) is 18.1 Å². The summed E-state index contributed by atoms with van der Waals surface area (Å²) < 4.78 is 5.15. The number of hydrogen-bond donors (Lipinski definition) is 0. The second-order valence-electron chi connectivity index (χ2n) is 6.83. The van der Waals surface area contributed by atoms with Gasteiger partial charge in [0.2, 0.25) is 0 Å². The maximum atomic E-state index is 12.8. The van der Waals surface area contributed by atoms with E-state index in [4.69, 9.17) is 4.74 Å². The Morgan fingerprint density at radius 2 is 1.79 bits per heavy atom. The molecule has 0 spiro atoms. The van der Waals surface area contributed by atoms with Crippen molar-refractivity contribution in [2.24, 2.45) is 5.92 Å².